The lowest BCUT2D eigenvalue weighted by Crippen LogP contribution is -2.33. The number of nitrogens with zero attached hydrogens (tertiary/aromatic N) is 3. The Kier molecular flexibility index (Phi) is 6.20. The molecule has 1 aromatic heterocycles. The van der Waals surface area contributed by atoms with Gasteiger partial charge in [0.05, 0.1) is 6.10 Å². The highest BCUT2D eigenvalue weighted by Crippen LogP contribution is 2.20. The second kappa shape index (κ2) is 8.14. The number of anilines is 2. The smallest absolute Gasteiger partial charge is 0.158 e. The Morgan fingerprint density at radius 1 is 1.43 bits per heavy atom. The third-order valence-electron chi connectivity index (χ3n) is 3.54. The van der Waals surface area contributed by atoms with Crippen LogP contribution >= 0.6 is 0 Å². The minimum atomic E-state index is 0.313. The highest BCUT2D eigenvalue weighted by atomic mass is 16.5. The lowest BCUT2D eigenvalue weighted by Gasteiger charge is -2.25. The fraction of sp³-hybridized carbons (Fsp3) is 0.733. The van der Waals surface area contributed by atoms with E-state index >= 15 is 0 Å². The van der Waals surface area contributed by atoms with Crippen molar-refractivity contribution in [2.45, 2.75) is 39.4 Å². The Balaban J connectivity index is 2.16. The lowest BCUT2D eigenvalue weighted by molar-refractivity contribution is 0.115. The summed E-state index contributed by atoms with van der Waals surface area (Å²) in [4.78, 5) is 11.3. The van der Waals surface area contributed by atoms with Gasteiger partial charge >= 0.3 is 0 Å². The minimum absolute atomic E-state index is 0.313. The third kappa shape index (κ3) is 4.54. The Hall–Kier alpha value is -1.40. The summed E-state index contributed by atoms with van der Waals surface area (Å²) in [5, 5.41) is 3.25. The van der Waals surface area contributed by atoms with E-state index in [4.69, 9.17) is 9.47 Å². The summed E-state index contributed by atoms with van der Waals surface area (Å²) in [6, 6.07) is 2.00. The van der Waals surface area contributed by atoms with Crippen LogP contribution in [0.1, 0.15) is 32.5 Å². The van der Waals surface area contributed by atoms with E-state index in [0.717, 1.165) is 50.7 Å². The Bertz CT molecular complexity index is 411. The normalized spacial score (nSPS) is 18.0. The van der Waals surface area contributed by atoms with E-state index in [2.05, 4.69) is 34.0 Å². The molecule has 0 bridgehead atoms. The van der Waals surface area contributed by atoms with Crippen molar-refractivity contribution in [3.63, 3.8) is 0 Å². The molecular weight excluding hydrogens is 268 g/mol. The third-order valence-corrected chi connectivity index (χ3v) is 3.54. The van der Waals surface area contributed by atoms with Crippen molar-refractivity contribution in [3.05, 3.63) is 11.9 Å². The van der Waals surface area contributed by atoms with Gasteiger partial charge in [0.15, 0.2) is 5.82 Å². The summed E-state index contributed by atoms with van der Waals surface area (Å²) in [6.45, 7) is 8.11. The van der Waals surface area contributed by atoms with E-state index in [1.54, 1.807) is 7.11 Å². The second-order valence-electron chi connectivity index (χ2n) is 5.16. The number of hydrogen-bond acceptors (Lipinski definition) is 6. The van der Waals surface area contributed by atoms with Gasteiger partial charge in [0.25, 0.3) is 0 Å². The van der Waals surface area contributed by atoms with Gasteiger partial charge < -0.3 is 19.7 Å². The Morgan fingerprint density at radius 3 is 2.90 bits per heavy atom. The van der Waals surface area contributed by atoms with E-state index in [0.29, 0.717) is 18.5 Å². The molecule has 1 aliphatic rings. The van der Waals surface area contributed by atoms with Gasteiger partial charge in [0, 0.05) is 39.4 Å². The first-order valence-corrected chi connectivity index (χ1v) is 7.74. The maximum Gasteiger partial charge on any atom is 0.158 e. The molecule has 0 aromatic carbocycles. The summed E-state index contributed by atoms with van der Waals surface area (Å²) in [6.07, 6.45) is 2.60. The Labute approximate surface area is 126 Å². The van der Waals surface area contributed by atoms with E-state index in [1.807, 2.05) is 6.07 Å². The number of rotatable bonds is 8. The van der Waals surface area contributed by atoms with Crippen LogP contribution in [0.3, 0.4) is 0 Å². The first-order chi connectivity index (χ1) is 10.3. The van der Waals surface area contributed by atoms with Crippen molar-refractivity contribution in [1.29, 1.82) is 0 Å². The SMILES string of the molecule is CCNc1cc(N(CC)CC2CCCO2)nc(COC)n1. The number of hydrogen-bond donors (Lipinski definition) is 1. The predicted molar refractivity (Wildman–Crippen MR) is 83.8 cm³/mol. The lowest BCUT2D eigenvalue weighted by atomic mass is 10.2. The van der Waals surface area contributed by atoms with Crippen molar-refractivity contribution in [2.24, 2.45) is 0 Å². The molecule has 1 aromatic rings. The zero-order valence-electron chi connectivity index (χ0n) is 13.3. The number of likely N-dealkylation sites (N-methyl/N-ethyl adjacent to an activating group) is 1. The van der Waals surface area contributed by atoms with Crippen LogP contribution in [0.5, 0.6) is 0 Å². The zero-order valence-corrected chi connectivity index (χ0v) is 13.3. The van der Waals surface area contributed by atoms with Crippen LogP contribution in [0, 0.1) is 0 Å². The highest BCUT2D eigenvalue weighted by Gasteiger charge is 2.20. The second-order valence-corrected chi connectivity index (χ2v) is 5.16. The average Bonchev–Trinajstić information content (AvgIpc) is 2.98. The molecule has 1 atom stereocenters. The van der Waals surface area contributed by atoms with E-state index in [9.17, 15) is 0 Å². The standard InChI is InChI=1S/C15H26N4O2/c1-4-16-13-9-15(18-14(17-13)11-20-3)19(5-2)10-12-7-6-8-21-12/h9,12H,4-8,10-11H2,1-3H3,(H,16,17,18). The molecule has 2 rings (SSSR count). The van der Waals surface area contributed by atoms with Gasteiger partial charge in [-0.2, -0.15) is 0 Å². The fourth-order valence-electron chi connectivity index (χ4n) is 2.53. The maximum absolute atomic E-state index is 5.74. The average molecular weight is 294 g/mol. The highest BCUT2D eigenvalue weighted by molar-refractivity contribution is 5.49. The summed E-state index contributed by atoms with van der Waals surface area (Å²) in [5.74, 6) is 2.49. The van der Waals surface area contributed by atoms with Crippen LogP contribution in [0.4, 0.5) is 11.6 Å². The molecule has 2 heterocycles. The fourth-order valence-corrected chi connectivity index (χ4v) is 2.53. The molecule has 6 heteroatoms. The molecule has 21 heavy (non-hydrogen) atoms. The van der Waals surface area contributed by atoms with E-state index in [-0.39, 0.29) is 0 Å². The van der Waals surface area contributed by atoms with Crippen LogP contribution in [0.15, 0.2) is 6.07 Å². The van der Waals surface area contributed by atoms with Crippen LogP contribution in [0.25, 0.3) is 0 Å². The van der Waals surface area contributed by atoms with Gasteiger partial charge in [-0.25, -0.2) is 9.97 Å². The topological polar surface area (TPSA) is 59.5 Å². The van der Waals surface area contributed by atoms with E-state index < -0.39 is 0 Å². The largest absolute Gasteiger partial charge is 0.377 e. The summed E-state index contributed by atoms with van der Waals surface area (Å²) in [5.41, 5.74) is 0. The molecular formula is C15H26N4O2. The first kappa shape index (κ1) is 16.0. The number of methoxy groups -OCH3 is 1. The molecule has 1 aliphatic heterocycles. The van der Waals surface area contributed by atoms with E-state index in [1.165, 1.54) is 0 Å². The quantitative estimate of drug-likeness (QED) is 0.792. The minimum Gasteiger partial charge on any atom is -0.377 e. The van der Waals surface area contributed by atoms with Gasteiger partial charge in [-0.15, -0.1) is 0 Å². The molecule has 1 unspecified atom stereocenters. The molecule has 1 fully saturated rings. The molecule has 0 saturated carbocycles. The van der Waals surface area contributed by atoms with Gasteiger partial charge in [-0.05, 0) is 26.7 Å². The number of aromatic nitrogens is 2. The molecule has 0 amide bonds. The molecule has 1 N–H and O–H groups in total. The Morgan fingerprint density at radius 2 is 2.29 bits per heavy atom. The zero-order chi connectivity index (χ0) is 15.1. The molecule has 6 nitrogen and oxygen atoms in total. The van der Waals surface area contributed by atoms with Crippen LogP contribution in [-0.4, -0.2) is 49.4 Å². The van der Waals surface area contributed by atoms with Crippen LogP contribution < -0.4 is 10.2 Å². The summed E-state index contributed by atoms with van der Waals surface area (Å²) in [7, 11) is 1.66. The van der Waals surface area contributed by atoms with Crippen molar-refractivity contribution in [3.8, 4) is 0 Å². The van der Waals surface area contributed by atoms with Crippen LogP contribution in [-0.2, 0) is 16.1 Å². The molecule has 1 saturated heterocycles. The van der Waals surface area contributed by atoms with Crippen molar-refractivity contribution < 1.29 is 9.47 Å². The number of nitrogens with one attached hydrogen (secondary N) is 1. The van der Waals surface area contributed by atoms with Gasteiger partial charge in [0.2, 0.25) is 0 Å². The molecule has 0 radical (unpaired) electrons. The summed E-state index contributed by atoms with van der Waals surface area (Å²) < 4.78 is 10.9. The molecule has 0 aliphatic carbocycles. The summed E-state index contributed by atoms with van der Waals surface area (Å²) >= 11 is 0. The van der Waals surface area contributed by atoms with Crippen molar-refractivity contribution in [2.75, 3.05) is 43.6 Å². The van der Waals surface area contributed by atoms with Crippen molar-refractivity contribution >= 4 is 11.6 Å². The molecule has 118 valence electrons. The van der Waals surface area contributed by atoms with Gasteiger partial charge in [0.1, 0.15) is 18.2 Å². The monoisotopic (exact) mass is 294 g/mol. The van der Waals surface area contributed by atoms with Gasteiger partial charge in [-0.1, -0.05) is 0 Å². The van der Waals surface area contributed by atoms with Crippen molar-refractivity contribution in [1.82, 2.24) is 9.97 Å². The molecule has 0 spiro atoms. The first-order valence-electron chi connectivity index (χ1n) is 7.74. The predicted octanol–water partition coefficient (Wildman–Crippen LogP) is 2.06. The van der Waals surface area contributed by atoms with Crippen LogP contribution in [0.2, 0.25) is 0 Å². The van der Waals surface area contributed by atoms with Gasteiger partial charge in [-0.3, -0.25) is 0 Å². The number of ether oxygens (including phenoxy) is 2. The maximum atomic E-state index is 5.74.